The number of ether oxygens (including phenoxy) is 2. The highest BCUT2D eigenvalue weighted by atomic mass is 16.5. The molecule has 3 aromatic carbocycles. The van der Waals surface area contributed by atoms with E-state index in [0.29, 0.717) is 41.9 Å². The van der Waals surface area contributed by atoms with Crippen LogP contribution in [-0.2, 0) is 17.9 Å². The second-order valence-corrected chi connectivity index (χ2v) is 12.0. The van der Waals surface area contributed by atoms with Crippen LogP contribution in [0.3, 0.4) is 0 Å². The zero-order valence-corrected chi connectivity index (χ0v) is 27.1. The van der Waals surface area contributed by atoms with Gasteiger partial charge < -0.3 is 19.4 Å². The van der Waals surface area contributed by atoms with Gasteiger partial charge in [0.25, 0.3) is 17.4 Å². The topological polar surface area (TPSA) is 114 Å². The van der Waals surface area contributed by atoms with Gasteiger partial charge in [0.15, 0.2) is 0 Å². The molecule has 0 saturated carbocycles. The number of nitrogens with zero attached hydrogens (tertiary/aromatic N) is 3. The van der Waals surface area contributed by atoms with Crippen molar-refractivity contribution in [2.75, 3.05) is 26.8 Å². The van der Waals surface area contributed by atoms with Crippen molar-refractivity contribution in [3.05, 3.63) is 135 Å². The van der Waals surface area contributed by atoms with Gasteiger partial charge in [0.05, 0.1) is 19.9 Å². The van der Waals surface area contributed by atoms with Crippen molar-refractivity contribution >= 4 is 24.1 Å². The van der Waals surface area contributed by atoms with Crippen LogP contribution in [0, 0.1) is 5.92 Å². The molecule has 10 heteroatoms. The van der Waals surface area contributed by atoms with Gasteiger partial charge in [0.1, 0.15) is 17.2 Å². The van der Waals surface area contributed by atoms with E-state index >= 15 is 0 Å². The normalized spacial score (nSPS) is 17.4. The number of aromatic nitrogens is 1. The number of benzene rings is 3. The van der Waals surface area contributed by atoms with Crippen LogP contribution in [0.4, 0.5) is 0 Å². The van der Waals surface area contributed by atoms with Crippen molar-refractivity contribution in [3.63, 3.8) is 0 Å². The van der Waals surface area contributed by atoms with Crippen LogP contribution < -0.4 is 25.8 Å². The van der Waals surface area contributed by atoms with Crippen molar-refractivity contribution in [2.24, 2.45) is 11.0 Å². The zero-order chi connectivity index (χ0) is 33.5. The predicted molar refractivity (Wildman–Crippen MR) is 185 cm³/mol. The summed E-state index contributed by atoms with van der Waals surface area (Å²) >= 11 is 0. The molecule has 1 fully saturated rings. The van der Waals surface area contributed by atoms with Crippen LogP contribution in [-0.4, -0.2) is 54.3 Å². The van der Waals surface area contributed by atoms with Crippen LogP contribution in [0.5, 0.6) is 11.5 Å². The molecule has 0 spiro atoms. The molecular weight excluding hydrogens is 606 g/mol. The summed E-state index contributed by atoms with van der Waals surface area (Å²) in [4.78, 5) is 41.2. The second-order valence-electron chi connectivity index (χ2n) is 12.0. The van der Waals surface area contributed by atoms with E-state index in [0.717, 1.165) is 48.6 Å². The Balaban J connectivity index is 1.17. The third kappa shape index (κ3) is 7.72. The number of fused-ring (bicyclic) bond motifs is 4. The zero-order valence-electron chi connectivity index (χ0n) is 27.1. The van der Waals surface area contributed by atoms with E-state index in [9.17, 15) is 14.4 Å². The first-order valence-corrected chi connectivity index (χ1v) is 16.1. The first-order valence-electron chi connectivity index (χ1n) is 16.1. The lowest BCUT2D eigenvalue weighted by molar-refractivity contribution is -0.117. The number of methoxy groups -OCH3 is 1. The number of likely N-dealkylation sites (tertiary alicyclic amines) is 1. The van der Waals surface area contributed by atoms with E-state index in [1.807, 2.05) is 41.8 Å². The molecule has 2 bridgehead atoms. The first kappa shape index (κ1) is 32.5. The molecule has 1 aromatic heterocycles. The summed E-state index contributed by atoms with van der Waals surface area (Å²) in [6.45, 7) is 5.69. The minimum absolute atomic E-state index is 0.0398. The number of hydrogen-bond donors (Lipinski definition) is 2. The van der Waals surface area contributed by atoms with Gasteiger partial charge in [-0.2, -0.15) is 5.10 Å². The standard InChI is InChI=1S/C38H39N5O5/c1-3-48-35-17-14-27(18-31(35)25-42-22-28-19-30(24-42)34-10-7-11-36(44)43(34)23-28)21-39-41-38(46)33(20-26-12-15-32(47-2)16-13-26)40-37(45)29-8-5-4-6-9-29/h4-18,20-21,28,30H,3,19,22-25H2,1-2H3,(H,40,45)(H,41,46)/b33-20+,39-21+. The van der Waals surface area contributed by atoms with Gasteiger partial charge in [-0.3, -0.25) is 19.3 Å². The Morgan fingerprint density at radius 2 is 1.73 bits per heavy atom. The Bertz CT molecular complexity index is 1880. The molecule has 2 atom stereocenters. The number of piperidine rings is 1. The quantitative estimate of drug-likeness (QED) is 0.138. The lowest BCUT2D eigenvalue weighted by Crippen LogP contribution is -2.46. The number of carbonyl (C=O) groups excluding carboxylic acids is 2. The van der Waals surface area contributed by atoms with Crippen LogP contribution in [0.1, 0.15) is 52.0 Å². The number of rotatable bonds is 11. The number of nitrogens with one attached hydrogen (secondary N) is 2. The molecule has 2 amide bonds. The Morgan fingerprint density at radius 3 is 2.50 bits per heavy atom. The fourth-order valence-electron chi connectivity index (χ4n) is 6.50. The predicted octanol–water partition coefficient (Wildman–Crippen LogP) is 4.80. The smallest absolute Gasteiger partial charge is 0.287 e. The van der Waals surface area contributed by atoms with Crippen LogP contribution >= 0.6 is 0 Å². The van der Waals surface area contributed by atoms with Gasteiger partial charge in [0, 0.05) is 55.0 Å². The number of carbonyl (C=O) groups is 2. The summed E-state index contributed by atoms with van der Waals surface area (Å²) in [5, 5.41) is 6.96. The molecule has 246 valence electrons. The van der Waals surface area contributed by atoms with Crippen LogP contribution in [0.25, 0.3) is 6.08 Å². The van der Waals surface area contributed by atoms with E-state index < -0.39 is 11.8 Å². The van der Waals surface area contributed by atoms with Crippen LogP contribution in [0.2, 0.25) is 0 Å². The monoisotopic (exact) mass is 645 g/mol. The van der Waals surface area contributed by atoms with Gasteiger partial charge in [-0.05, 0) is 85.0 Å². The lowest BCUT2D eigenvalue weighted by atomic mass is 9.83. The molecule has 2 aliphatic rings. The van der Waals surface area contributed by atoms with Crippen LogP contribution in [0.15, 0.2) is 107 Å². The fourth-order valence-corrected chi connectivity index (χ4v) is 6.50. The third-order valence-corrected chi connectivity index (χ3v) is 8.67. The Hall–Kier alpha value is -5.48. The summed E-state index contributed by atoms with van der Waals surface area (Å²) in [5.41, 5.74) is 6.73. The average Bonchev–Trinajstić information content (AvgIpc) is 3.10. The summed E-state index contributed by atoms with van der Waals surface area (Å²) < 4.78 is 13.2. The minimum atomic E-state index is -0.572. The van der Waals surface area contributed by atoms with Gasteiger partial charge in [-0.1, -0.05) is 36.4 Å². The van der Waals surface area contributed by atoms with Gasteiger partial charge in [0.2, 0.25) is 0 Å². The maximum atomic E-state index is 13.3. The maximum absolute atomic E-state index is 13.3. The summed E-state index contributed by atoms with van der Waals surface area (Å²) in [7, 11) is 1.58. The molecule has 2 unspecified atom stereocenters. The van der Waals surface area contributed by atoms with E-state index in [4.69, 9.17) is 9.47 Å². The molecule has 4 aromatic rings. The molecule has 0 aliphatic carbocycles. The van der Waals surface area contributed by atoms with E-state index in [1.165, 1.54) is 0 Å². The highest BCUT2D eigenvalue weighted by Crippen LogP contribution is 2.36. The number of hydrogen-bond acceptors (Lipinski definition) is 7. The molecule has 2 aliphatic heterocycles. The Labute approximate surface area is 279 Å². The van der Waals surface area contributed by atoms with E-state index in [-0.39, 0.29) is 11.3 Å². The average molecular weight is 646 g/mol. The van der Waals surface area contributed by atoms with Gasteiger partial charge in [-0.25, -0.2) is 5.43 Å². The first-order chi connectivity index (χ1) is 23.4. The largest absolute Gasteiger partial charge is 0.497 e. The molecule has 3 heterocycles. The lowest BCUT2D eigenvalue weighted by Gasteiger charge is -2.43. The van der Waals surface area contributed by atoms with E-state index in [1.54, 1.807) is 74.0 Å². The van der Waals surface area contributed by atoms with Crippen molar-refractivity contribution < 1.29 is 19.1 Å². The number of hydrazone groups is 1. The Morgan fingerprint density at radius 1 is 0.938 bits per heavy atom. The second kappa shape index (κ2) is 15.0. The highest BCUT2D eigenvalue weighted by molar-refractivity contribution is 6.05. The fraction of sp³-hybridized carbons (Fsp3) is 0.263. The summed E-state index contributed by atoms with van der Waals surface area (Å²) in [5.74, 6) is 1.22. The van der Waals surface area contributed by atoms with E-state index in [2.05, 4.69) is 26.8 Å². The molecule has 2 N–H and O–H groups in total. The molecule has 6 rings (SSSR count). The van der Waals surface area contributed by atoms with Gasteiger partial charge >= 0.3 is 0 Å². The number of pyridine rings is 1. The SMILES string of the molecule is CCOc1ccc(/C=N/NC(=O)/C(=C\c2ccc(OC)cc2)NC(=O)c2ccccc2)cc1CN1CC2CC(C1)c1cccc(=O)n1C2. The molecule has 10 nitrogen and oxygen atoms in total. The summed E-state index contributed by atoms with van der Waals surface area (Å²) in [6.07, 6.45) is 4.25. The van der Waals surface area contributed by atoms with Crippen molar-refractivity contribution in [2.45, 2.75) is 32.4 Å². The Kier molecular flexibility index (Phi) is 10.1. The molecule has 0 radical (unpaired) electrons. The highest BCUT2D eigenvalue weighted by Gasteiger charge is 2.34. The third-order valence-electron chi connectivity index (χ3n) is 8.67. The minimum Gasteiger partial charge on any atom is -0.497 e. The van der Waals surface area contributed by atoms with Crippen molar-refractivity contribution in [1.29, 1.82) is 0 Å². The van der Waals surface area contributed by atoms with Crippen molar-refractivity contribution in [1.82, 2.24) is 20.2 Å². The summed E-state index contributed by atoms with van der Waals surface area (Å²) in [6, 6.07) is 27.2. The molecule has 48 heavy (non-hydrogen) atoms. The van der Waals surface area contributed by atoms with Crippen molar-refractivity contribution in [3.8, 4) is 11.5 Å². The maximum Gasteiger partial charge on any atom is 0.287 e. The number of amides is 2. The molecular formula is C38H39N5O5. The molecule has 1 saturated heterocycles. The van der Waals surface area contributed by atoms with Gasteiger partial charge in [-0.15, -0.1) is 0 Å².